The van der Waals surface area contributed by atoms with E-state index in [0.29, 0.717) is 18.1 Å². The van der Waals surface area contributed by atoms with Gasteiger partial charge in [-0.2, -0.15) is 0 Å². The van der Waals surface area contributed by atoms with Crippen LogP contribution in [0.15, 0.2) is 11.4 Å². The summed E-state index contributed by atoms with van der Waals surface area (Å²) >= 11 is 7.27. The van der Waals surface area contributed by atoms with Gasteiger partial charge in [0, 0.05) is 13.2 Å². The maximum atomic E-state index is 12.0. The van der Waals surface area contributed by atoms with E-state index >= 15 is 0 Å². The fraction of sp³-hybridized carbons (Fsp3) is 0.583. The molecule has 0 saturated carbocycles. The van der Waals surface area contributed by atoms with Gasteiger partial charge < -0.3 is 10.4 Å². The number of hydrogen-bond donors (Lipinski definition) is 2. The standard InChI is InChI=1S/C12H18ClN3O2S/c1-12(2,4-5-17)7-15-10(18)9-8(13)6-14-11(16-9)19-3/h6,17H,4-5,7H2,1-3H3,(H,15,18). The van der Waals surface area contributed by atoms with Crippen molar-refractivity contribution >= 4 is 29.3 Å². The zero-order valence-electron chi connectivity index (χ0n) is 11.2. The number of thioether (sulfide) groups is 1. The molecular formula is C12H18ClN3O2S. The molecule has 0 aliphatic carbocycles. The Labute approximate surface area is 122 Å². The third-order valence-electron chi connectivity index (χ3n) is 2.64. The summed E-state index contributed by atoms with van der Waals surface area (Å²) in [5.41, 5.74) is 0.00696. The van der Waals surface area contributed by atoms with Crippen molar-refractivity contribution in [3.05, 3.63) is 16.9 Å². The van der Waals surface area contributed by atoms with Crippen molar-refractivity contribution in [2.24, 2.45) is 5.41 Å². The van der Waals surface area contributed by atoms with Crippen molar-refractivity contribution in [3.63, 3.8) is 0 Å². The van der Waals surface area contributed by atoms with Gasteiger partial charge in [-0.25, -0.2) is 9.97 Å². The monoisotopic (exact) mass is 303 g/mol. The summed E-state index contributed by atoms with van der Waals surface area (Å²) in [4.78, 5) is 20.1. The van der Waals surface area contributed by atoms with Crippen LogP contribution in [0.4, 0.5) is 0 Å². The summed E-state index contributed by atoms with van der Waals surface area (Å²) in [6.07, 6.45) is 3.87. The molecule has 1 aromatic heterocycles. The van der Waals surface area contributed by atoms with E-state index in [0.717, 1.165) is 0 Å². The van der Waals surface area contributed by atoms with Gasteiger partial charge in [-0.3, -0.25) is 4.79 Å². The van der Waals surface area contributed by atoms with Crippen LogP contribution in [-0.4, -0.2) is 40.4 Å². The van der Waals surface area contributed by atoms with E-state index in [4.69, 9.17) is 16.7 Å². The number of carbonyl (C=O) groups excluding carboxylic acids is 1. The average molecular weight is 304 g/mol. The van der Waals surface area contributed by atoms with Crippen LogP contribution in [-0.2, 0) is 0 Å². The molecule has 0 saturated heterocycles. The number of nitrogens with one attached hydrogen (secondary N) is 1. The second-order valence-electron chi connectivity index (χ2n) is 4.87. The molecule has 19 heavy (non-hydrogen) atoms. The fourth-order valence-electron chi connectivity index (χ4n) is 1.40. The minimum absolute atomic E-state index is 0.0910. The van der Waals surface area contributed by atoms with E-state index in [-0.39, 0.29) is 28.6 Å². The van der Waals surface area contributed by atoms with Crippen molar-refractivity contribution in [2.75, 3.05) is 19.4 Å². The number of aliphatic hydroxyl groups excluding tert-OH is 1. The molecular weight excluding hydrogens is 286 g/mol. The van der Waals surface area contributed by atoms with Crippen molar-refractivity contribution in [1.82, 2.24) is 15.3 Å². The quantitative estimate of drug-likeness (QED) is 0.621. The summed E-state index contributed by atoms with van der Waals surface area (Å²) < 4.78 is 0. The molecule has 1 heterocycles. The SMILES string of the molecule is CSc1ncc(Cl)c(C(=O)NCC(C)(C)CCO)n1. The smallest absolute Gasteiger partial charge is 0.271 e. The third-order valence-corrected chi connectivity index (χ3v) is 3.47. The molecule has 0 aliphatic rings. The van der Waals surface area contributed by atoms with Gasteiger partial charge in [0.2, 0.25) is 0 Å². The lowest BCUT2D eigenvalue weighted by atomic mass is 9.90. The Hall–Kier alpha value is -0.850. The minimum atomic E-state index is -0.325. The Bertz CT molecular complexity index is 455. The maximum absolute atomic E-state index is 12.0. The van der Waals surface area contributed by atoms with Crippen molar-refractivity contribution in [1.29, 1.82) is 0 Å². The van der Waals surface area contributed by atoms with Crippen LogP contribution < -0.4 is 5.32 Å². The molecule has 2 N–H and O–H groups in total. The highest BCUT2D eigenvalue weighted by atomic mass is 35.5. The van der Waals surface area contributed by atoms with E-state index in [9.17, 15) is 4.79 Å². The van der Waals surface area contributed by atoms with Crippen molar-refractivity contribution in [2.45, 2.75) is 25.4 Å². The molecule has 0 fully saturated rings. The predicted octanol–water partition coefficient (Wildman–Crippen LogP) is 1.99. The molecule has 0 aromatic carbocycles. The Morgan fingerprint density at radius 3 is 2.84 bits per heavy atom. The number of rotatable bonds is 6. The van der Waals surface area contributed by atoms with Crippen LogP contribution in [0.3, 0.4) is 0 Å². The number of halogens is 1. The van der Waals surface area contributed by atoms with Gasteiger partial charge in [-0.1, -0.05) is 37.2 Å². The lowest BCUT2D eigenvalue weighted by Gasteiger charge is -2.23. The van der Waals surface area contributed by atoms with Crippen LogP contribution >= 0.6 is 23.4 Å². The van der Waals surface area contributed by atoms with Crippen molar-refractivity contribution in [3.8, 4) is 0 Å². The molecule has 1 rings (SSSR count). The summed E-state index contributed by atoms with van der Waals surface area (Å²) in [5.74, 6) is -0.325. The molecule has 0 atom stereocenters. The number of hydrogen-bond acceptors (Lipinski definition) is 5. The first-order valence-electron chi connectivity index (χ1n) is 5.85. The van der Waals surface area contributed by atoms with Gasteiger partial charge in [-0.15, -0.1) is 0 Å². The predicted molar refractivity (Wildman–Crippen MR) is 76.6 cm³/mol. The fourth-order valence-corrected chi connectivity index (χ4v) is 1.92. The molecule has 0 aliphatic heterocycles. The normalized spacial score (nSPS) is 11.4. The highest BCUT2D eigenvalue weighted by molar-refractivity contribution is 7.98. The zero-order chi connectivity index (χ0) is 14.5. The summed E-state index contributed by atoms with van der Waals surface area (Å²) in [6, 6.07) is 0. The highest BCUT2D eigenvalue weighted by Gasteiger charge is 2.20. The number of nitrogens with zero attached hydrogens (tertiary/aromatic N) is 2. The van der Waals surface area contributed by atoms with E-state index in [1.54, 1.807) is 0 Å². The molecule has 106 valence electrons. The summed E-state index contributed by atoms with van der Waals surface area (Å²) in [6.45, 7) is 4.48. The number of aliphatic hydroxyl groups is 1. The first-order chi connectivity index (χ1) is 8.89. The average Bonchev–Trinajstić information content (AvgIpc) is 2.36. The van der Waals surface area contributed by atoms with Gasteiger partial charge in [0.05, 0.1) is 11.2 Å². The molecule has 0 unspecified atom stereocenters. The molecule has 0 bridgehead atoms. The van der Waals surface area contributed by atoms with E-state index < -0.39 is 0 Å². The number of carbonyl (C=O) groups is 1. The van der Waals surface area contributed by atoms with E-state index in [1.807, 2.05) is 20.1 Å². The third kappa shape index (κ3) is 4.97. The minimum Gasteiger partial charge on any atom is -0.396 e. The van der Waals surface area contributed by atoms with Gasteiger partial charge in [0.1, 0.15) is 0 Å². The van der Waals surface area contributed by atoms with E-state index in [1.165, 1.54) is 18.0 Å². The summed E-state index contributed by atoms with van der Waals surface area (Å²) in [5, 5.41) is 12.5. The zero-order valence-corrected chi connectivity index (χ0v) is 12.8. The largest absolute Gasteiger partial charge is 0.396 e. The topological polar surface area (TPSA) is 75.1 Å². The Morgan fingerprint density at radius 1 is 1.58 bits per heavy atom. The van der Waals surface area contributed by atoms with Crippen molar-refractivity contribution < 1.29 is 9.90 Å². The Morgan fingerprint density at radius 2 is 2.26 bits per heavy atom. The Balaban J connectivity index is 2.73. The second kappa shape index (κ2) is 7.07. The number of amides is 1. The Kier molecular flexibility index (Phi) is 6.03. The first-order valence-corrected chi connectivity index (χ1v) is 7.45. The van der Waals surface area contributed by atoms with Crippen LogP contribution in [0, 0.1) is 5.41 Å². The highest BCUT2D eigenvalue weighted by Crippen LogP contribution is 2.19. The van der Waals surface area contributed by atoms with Crippen LogP contribution in [0.1, 0.15) is 30.8 Å². The second-order valence-corrected chi connectivity index (χ2v) is 6.05. The van der Waals surface area contributed by atoms with E-state index in [2.05, 4.69) is 15.3 Å². The molecule has 5 nitrogen and oxygen atoms in total. The van der Waals surface area contributed by atoms with Gasteiger partial charge >= 0.3 is 0 Å². The van der Waals surface area contributed by atoms with Gasteiger partial charge in [0.25, 0.3) is 5.91 Å². The molecule has 1 amide bonds. The number of aromatic nitrogens is 2. The van der Waals surface area contributed by atoms with Crippen LogP contribution in [0.25, 0.3) is 0 Å². The van der Waals surface area contributed by atoms with Crippen LogP contribution in [0.2, 0.25) is 5.02 Å². The van der Waals surface area contributed by atoms with Gasteiger partial charge in [0.15, 0.2) is 10.9 Å². The van der Waals surface area contributed by atoms with Crippen LogP contribution in [0.5, 0.6) is 0 Å². The summed E-state index contributed by atoms with van der Waals surface area (Å²) in [7, 11) is 0. The lowest BCUT2D eigenvalue weighted by Crippen LogP contribution is -2.35. The van der Waals surface area contributed by atoms with Gasteiger partial charge in [-0.05, 0) is 18.1 Å². The molecule has 0 spiro atoms. The lowest BCUT2D eigenvalue weighted by molar-refractivity contribution is 0.0922. The molecule has 7 heteroatoms. The maximum Gasteiger partial charge on any atom is 0.271 e. The first kappa shape index (κ1) is 16.2. The molecule has 0 radical (unpaired) electrons. The molecule has 1 aromatic rings.